The number of nitrogens with one attached hydrogen (secondary N) is 2. The van der Waals surface area contributed by atoms with Gasteiger partial charge >= 0.3 is 18.2 Å². The second kappa shape index (κ2) is 18.3. The molecule has 0 spiro atoms. The molecule has 2 atom stereocenters. The minimum Gasteiger partial charge on any atom is -0.496 e. The van der Waals surface area contributed by atoms with E-state index >= 15 is 0 Å². The average molecular weight is 750 g/mol. The molecule has 0 aliphatic carbocycles. The number of aryl methyl sites for hydroxylation is 1. The van der Waals surface area contributed by atoms with Crippen LogP contribution in [0.4, 0.5) is 20.2 Å². The molecule has 0 radical (unpaired) electrons. The molecule has 1 aliphatic rings. The van der Waals surface area contributed by atoms with Gasteiger partial charge in [-0.15, -0.1) is 0 Å². The summed E-state index contributed by atoms with van der Waals surface area (Å²) >= 11 is 0. The Labute approximate surface area is 316 Å². The molecule has 4 rings (SSSR count). The van der Waals surface area contributed by atoms with E-state index in [9.17, 15) is 24.0 Å². The number of likely N-dealkylation sites (tertiary alicyclic amines) is 1. The zero-order valence-electron chi connectivity index (χ0n) is 32.8. The molecule has 1 fully saturated rings. The van der Waals surface area contributed by atoms with Gasteiger partial charge in [0.05, 0.1) is 45.9 Å². The number of anilines is 1. The maximum absolute atomic E-state index is 12.7. The second-order valence-electron chi connectivity index (χ2n) is 14.3. The molecule has 2 unspecified atom stereocenters. The Morgan fingerprint density at radius 2 is 1.43 bits per heavy atom. The van der Waals surface area contributed by atoms with Crippen molar-refractivity contribution >= 4 is 35.8 Å². The van der Waals surface area contributed by atoms with Crippen molar-refractivity contribution < 1.29 is 47.7 Å². The predicted molar refractivity (Wildman–Crippen MR) is 201 cm³/mol. The van der Waals surface area contributed by atoms with Crippen LogP contribution in [0.5, 0.6) is 17.2 Å². The molecule has 3 aromatic rings. The van der Waals surface area contributed by atoms with Crippen LogP contribution in [-0.4, -0.2) is 78.5 Å². The average Bonchev–Trinajstić information content (AvgIpc) is 3.08. The molecule has 1 aliphatic heterocycles. The van der Waals surface area contributed by atoms with Crippen LogP contribution in [0.25, 0.3) is 0 Å². The smallest absolute Gasteiger partial charge is 0.425 e. The molecular formula is C39H51N5O10. The van der Waals surface area contributed by atoms with Gasteiger partial charge in [0.2, 0.25) is 11.8 Å². The molecular weight excluding hydrogens is 698 g/mol. The first-order chi connectivity index (χ1) is 25.3. The van der Waals surface area contributed by atoms with E-state index in [-0.39, 0.29) is 24.8 Å². The van der Waals surface area contributed by atoms with Gasteiger partial charge in [0, 0.05) is 18.3 Å². The Morgan fingerprint density at radius 1 is 0.870 bits per heavy atom. The number of ether oxygens (including phenoxy) is 5. The van der Waals surface area contributed by atoms with Crippen molar-refractivity contribution in [3.05, 3.63) is 77.5 Å². The van der Waals surface area contributed by atoms with E-state index in [4.69, 9.17) is 23.7 Å². The number of nitrogens with zero attached hydrogens (tertiary/aromatic N) is 3. The number of aromatic nitrogens is 1. The van der Waals surface area contributed by atoms with Crippen molar-refractivity contribution in [3.63, 3.8) is 0 Å². The van der Waals surface area contributed by atoms with Gasteiger partial charge in [-0.25, -0.2) is 19.4 Å². The Morgan fingerprint density at radius 3 is 1.89 bits per heavy atom. The number of imide groups is 2. The first kappa shape index (κ1) is 42.6. The molecule has 2 aromatic carbocycles. The molecule has 2 N–H and O–H groups in total. The van der Waals surface area contributed by atoms with Crippen LogP contribution < -0.4 is 29.7 Å². The van der Waals surface area contributed by atoms with Crippen molar-refractivity contribution in [2.24, 2.45) is 0 Å². The van der Waals surface area contributed by atoms with Crippen LogP contribution in [0.15, 0.2) is 60.8 Å². The summed E-state index contributed by atoms with van der Waals surface area (Å²) in [6.07, 6.45) is -0.151. The zero-order chi connectivity index (χ0) is 40.4. The third kappa shape index (κ3) is 11.8. The molecule has 15 nitrogen and oxygen atoms in total. The molecule has 0 saturated carbocycles. The number of carbonyl (C=O) groups is 5. The van der Waals surface area contributed by atoms with Gasteiger partial charge in [-0.05, 0) is 78.6 Å². The van der Waals surface area contributed by atoms with E-state index in [1.165, 1.54) is 27.5 Å². The predicted octanol–water partition coefficient (Wildman–Crippen LogP) is 6.47. The molecule has 0 bridgehead atoms. The van der Waals surface area contributed by atoms with E-state index in [0.29, 0.717) is 22.8 Å². The van der Waals surface area contributed by atoms with Gasteiger partial charge < -0.3 is 34.3 Å². The van der Waals surface area contributed by atoms with Crippen LogP contribution in [0.2, 0.25) is 0 Å². The monoisotopic (exact) mass is 749 g/mol. The Balaban J connectivity index is 0.000000313. The third-order valence-corrected chi connectivity index (χ3v) is 7.65. The number of pyridine rings is 1. The van der Waals surface area contributed by atoms with Crippen molar-refractivity contribution in [1.82, 2.24) is 20.5 Å². The summed E-state index contributed by atoms with van der Waals surface area (Å²) in [5.74, 6) is 0.849. The van der Waals surface area contributed by atoms with Gasteiger partial charge in [0.25, 0.3) is 0 Å². The number of amides is 6. The van der Waals surface area contributed by atoms with Gasteiger partial charge in [-0.3, -0.25) is 14.5 Å². The first-order valence-electron chi connectivity index (χ1n) is 17.2. The van der Waals surface area contributed by atoms with E-state index in [1.807, 2.05) is 44.2 Å². The van der Waals surface area contributed by atoms with Gasteiger partial charge in [0.1, 0.15) is 40.3 Å². The highest BCUT2D eigenvalue weighted by atomic mass is 16.6. The molecule has 2 heterocycles. The largest absolute Gasteiger partial charge is 0.496 e. The summed E-state index contributed by atoms with van der Waals surface area (Å²) in [5.41, 5.74) is 0.904. The van der Waals surface area contributed by atoms with Crippen LogP contribution in [0, 0.1) is 6.92 Å². The highest BCUT2D eigenvalue weighted by Crippen LogP contribution is 2.34. The number of benzene rings is 2. The number of methoxy groups -OCH3 is 3. The quantitative estimate of drug-likeness (QED) is 0.230. The number of hydrogen-bond donors (Lipinski definition) is 2. The van der Waals surface area contributed by atoms with Crippen LogP contribution in [0.3, 0.4) is 0 Å². The van der Waals surface area contributed by atoms with E-state index in [1.54, 1.807) is 65.8 Å². The minimum atomic E-state index is -0.874. The molecule has 15 heteroatoms. The lowest BCUT2D eigenvalue weighted by Gasteiger charge is -2.37. The van der Waals surface area contributed by atoms with Crippen LogP contribution in [-0.2, 0) is 25.6 Å². The number of carbonyl (C=O) groups excluding carboxylic acids is 5. The summed E-state index contributed by atoms with van der Waals surface area (Å²) < 4.78 is 26.5. The standard InChI is InChI=1S/C23H27N3O6.C16H24N2O4/c1-14(15-8-6-5-7-9-15)25-23(29)26-18(12-21(26)27)22(28)24-13-17-19(31-3)10-16(30-2)11-20(17)32-4;1-11-8-9-17-12(10-11)18(13(19)21-15(2,3)4)14(20)22-16(5,6)7/h5-11,14,18H,12-13H2,1-4H3,(H,24,28)(H,25,29);8-10H,1-7H3. The Kier molecular flexibility index (Phi) is 14.4. The molecule has 292 valence electrons. The Hall–Kier alpha value is -5.86. The van der Waals surface area contributed by atoms with E-state index in [0.717, 1.165) is 20.9 Å². The summed E-state index contributed by atoms with van der Waals surface area (Å²) in [4.78, 5) is 68.0. The minimum absolute atomic E-state index is 0.0319. The van der Waals surface area contributed by atoms with E-state index < -0.39 is 47.3 Å². The number of hydrogen-bond acceptors (Lipinski definition) is 11. The fourth-order valence-electron chi connectivity index (χ4n) is 5.03. The first-order valence-corrected chi connectivity index (χ1v) is 17.2. The lowest BCUT2D eigenvalue weighted by molar-refractivity contribution is -0.149. The fraction of sp³-hybridized carbons (Fsp3) is 0.436. The maximum atomic E-state index is 12.7. The Bertz CT molecular complexity index is 1750. The highest BCUT2D eigenvalue weighted by molar-refractivity contribution is 6.09. The zero-order valence-corrected chi connectivity index (χ0v) is 32.8. The van der Waals surface area contributed by atoms with Gasteiger partial charge in [0.15, 0.2) is 0 Å². The summed E-state index contributed by atoms with van der Waals surface area (Å²) in [5, 5.41) is 5.53. The van der Waals surface area contributed by atoms with Crippen molar-refractivity contribution in [2.75, 3.05) is 26.2 Å². The summed E-state index contributed by atoms with van der Waals surface area (Å²) in [6, 6.07) is 14.3. The van der Waals surface area contributed by atoms with Crippen molar-refractivity contribution in [2.45, 2.75) is 91.6 Å². The third-order valence-electron chi connectivity index (χ3n) is 7.65. The fourth-order valence-corrected chi connectivity index (χ4v) is 5.03. The number of rotatable bonds is 9. The molecule has 54 heavy (non-hydrogen) atoms. The molecule has 6 amide bonds. The van der Waals surface area contributed by atoms with E-state index in [2.05, 4.69) is 15.6 Å². The van der Waals surface area contributed by atoms with Gasteiger partial charge in [-0.1, -0.05) is 30.3 Å². The lowest BCUT2D eigenvalue weighted by Crippen LogP contribution is -2.64. The maximum Gasteiger partial charge on any atom is 0.425 e. The molecule has 1 saturated heterocycles. The molecule has 1 aromatic heterocycles. The van der Waals surface area contributed by atoms with Crippen molar-refractivity contribution in [1.29, 1.82) is 0 Å². The highest BCUT2D eigenvalue weighted by Gasteiger charge is 2.45. The summed E-state index contributed by atoms with van der Waals surface area (Å²) in [7, 11) is 4.54. The summed E-state index contributed by atoms with van der Waals surface area (Å²) in [6.45, 7) is 14.1. The topological polar surface area (TPSA) is 175 Å². The van der Waals surface area contributed by atoms with Gasteiger partial charge in [-0.2, -0.15) is 4.90 Å². The number of urea groups is 1. The normalized spacial score (nSPS) is 14.2. The lowest BCUT2D eigenvalue weighted by atomic mass is 10.0. The SMILES string of the molecule is COc1cc(OC)c(CNC(=O)C2CC(=O)N2C(=O)NC(C)c2ccccc2)c(OC)c1.Cc1ccnc(N(C(=O)OC(C)(C)C)C(=O)OC(C)(C)C)c1. The second-order valence-corrected chi connectivity index (χ2v) is 14.3. The van der Waals surface area contributed by atoms with Crippen molar-refractivity contribution in [3.8, 4) is 17.2 Å². The van der Waals surface area contributed by atoms with Crippen LogP contribution >= 0.6 is 0 Å². The van der Waals surface area contributed by atoms with Crippen LogP contribution in [0.1, 0.15) is 77.6 Å². The number of β-lactam (4-membered cyclic amide) rings is 1.